The molecule has 7 nitrogen and oxygen atoms in total. The Morgan fingerprint density at radius 2 is 1.69 bits per heavy atom. The molecule has 0 unspecified atom stereocenters. The van der Waals surface area contributed by atoms with Crippen molar-refractivity contribution in [1.82, 2.24) is 9.88 Å². The van der Waals surface area contributed by atoms with Gasteiger partial charge in [0.05, 0.1) is 12.1 Å². The molecule has 2 aromatic carbocycles. The van der Waals surface area contributed by atoms with E-state index in [0.29, 0.717) is 0 Å². The van der Waals surface area contributed by atoms with Gasteiger partial charge in [-0.05, 0) is 58.6 Å². The van der Waals surface area contributed by atoms with Gasteiger partial charge >= 0.3 is 5.97 Å². The molecule has 3 aromatic rings. The molecule has 0 aliphatic heterocycles. The number of aromatic nitrogens is 1. The van der Waals surface area contributed by atoms with Gasteiger partial charge in [-0.2, -0.15) is 0 Å². The van der Waals surface area contributed by atoms with Crippen molar-refractivity contribution in [3.8, 4) is 5.75 Å². The van der Waals surface area contributed by atoms with Crippen molar-refractivity contribution in [2.24, 2.45) is 0 Å². The number of nitrogens with one attached hydrogen (secondary N) is 1. The second-order valence-electron chi connectivity index (χ2n) is 10.5. The first kappa shape index (κ1) is 24.4. The van der Waals surface area contributed by atoms with Crippen LogP contribution in [0.3, 0.4) is 0 Å². The van der Waals surface area contributed by atoms with Gasteiger partial charge in [-0.3, -0.25) is 14.4 Å². The van der Waals surface area contributed by atoms with Gasteiger partial charge in [0.2, 0.25) is 0 Å². The van der Waals surface area contributed by atoms with Crippen molar-refractivity contribution in [2.45, 2.75) is 57.9 Å². The van der Waals surface area contributed by atoms with Crippen molar-refractivity contribution in [1.29, 1.82) is 0 Å². The number of carbonyl (C=O) groups is 2. The number of fused-ring (bicyclic) bond motifs is 2. The summed E-state index contributed by atoms with van der Waals surface area (Å²) in [4.78, 5) is 36.9. The predicted molar refractivity (Wildman–Crippen MR) is 131 cm³/mol. The van der Waals surface area contributed by atoms with Crippen LogP contribution in [0, 0.1) is 5.82 Å². The van der Waals surface area contributed by atoms with Crippen molar-refractivity contribution >= 4 is 22.8 Å². The molecule has 4 rings (SSSR count). The van der Waals surface area contributed by atoms with Crippen molar-refractivity contribution in [2.75, 3.05) is 6.54 Å². The van der Waals surface area contributed by atoms with E-state index in [-0.39, 0.29) is 28.3 Å². The number of benzene rings is 2. The highest BCUT2D eigenvalue weighted by molar-refractivity contribution is 6.03. The average molecular weight is 481 g/mol. The average Bonchev–Trinajstić information content (AvgIpc) is 2.78. The summed E-state index contributed by atoms with van der Waals surface area (Å²) in [7, 11) is 0. The van der Waals surface area contributed by atoms with E-state index in [4.69, 9.17) is 5.11 Å². The molecule has 1 aliphatic carbocycles. The molecule has 0 radical (unpaired) electrons. The topological polar surface area (TPSA) is 109 Å². The summed E-state index contributed by atoms with van der Waals surface area (Å²) in [5, 5.41) is 21.6. The van der Waals surface area contributed by atoms with Crippen LogP contribution in [0.2, 0.25) is 0 Å². The minimum absolute atomic E-state index is 0.00972. The number of halogens is 1. The first-order valence-corrected chi connectivity index (χ1v) is 11.5. The molecule has 1 amide bonds. The summed E-state index contributed by atoms with van der Waals surface area (Å²) in [5.41, 5.74) is 2.12. The van der Waals surface area contributed by atoms with Gasteiger partial charge in [0.15, 0.2) is 0 Å². The van der Waals surface area contributed by atoms with Crippen molar-refractivity contribution in [3.05, 3.63) is 74.8 Å². The number of nitrogens with zero attached hydrogens (tertiary/aromatic N) is 1. The van der Waals surface area contributed by atoms with Crippen LogP contribution in [-0.2, 0) is 22.2 Å². The smallest absolute Gasteiger partial charge is 0.322 e. The number of aliphatic carboxylic acids is 1. The number of rotatable bonds is 5. The number of hydrogen-bond acceptors (Lipinski definition) is 4. The molecule has 1 aliphatic rings. The number of carboxylic acid groups (broad SMARTS) is 1. The first-order chi connectivity index (χ1) is 16.3. The summed E-state index contributed by atoms with van der Waals surface area (Å²) in [6.45, 7) is 8.19. The second-order valence-corrected chi connectivity index (χ2v) is 10.5. The van der Waals surface area contributed by atoms with E-state index in [2.05, 4.69) is 45.1 Å². The van der Waals surface area contributed by atoms with Crippen LogP contribution >= 0.6 is 0 Å². The largest absolute Gasteiger partial charge is 0.506 e. The summed E-state index contributed by atoms with van der Waals surface area (Å²) in [6, 6.07) is 9.72. The lowest BCUT2D eigenvalue weighted by Crippen LogP contribution is -2.36. The molecular weight excluding hydrogens is 451 g/mol. The monoisotopic (exact) mass is 480 g/mol. The summed E-state index contributed by atoms with van der Waals surface area (Å²) in [6.07, 6.45) is 2.08. The van der Waals surface area contributed by atoms with Crippen molar-refractivity contribution in [3.63, 3.8) is 0 Å². The Morgan fingerprint density at radius 1 is 1.03 bits per heavy atom. The third kappa shape index (κ3) is 4.40. The summed E-state index contributed by atoms with van der Waals surface area (Å²) >= 11 is 0. The lowest BCUT2D eigenvalue weighted by molar-refractivity contribution is -0.135. The summed E-state index contributed by atoms with van der Waals surface area (Å²) in [5.74, 6) is -3.67. The van der Waals surface area contributed by atoms with E-state index in [1.807, 2.05) is 6.07 Å². The van der Waals surface area contributed by atoms with Crippen LogP contribution in [0.5, 0.6) is 5.75 Å². The minimum Gasteiger partial charge on any atom is -0.506 e. The SMILES string of the molecule is CC1(C)CCC(C)(C)c2cc(Cn3c(=O)c(C(=O)NCC(=O)O)c(O)c4cc(F)ccc43)ccc21. The molecule has 0 atom stereocenters. The molecule has 8 heteroatoms. The Bertz CT molecular complexity index is 1420. The number of aromatic hydroxyl groups is 1. The highest BCUT2D eigenvalue weighted by Gasteiger charge is 2.37. The second kappa shape index (κ2) is 8.52. The lowest BCUT2D eigenvalue weighted by atomic mass is 9.63. The number of pyridine rings is 1. The molecule has 35 heavy (non-hydrogen) atoms. The van der Waals surface area contributed by atoms with E-state index in [1.165, 1.54) is 27.8 Å². The molecule has 3 N–H and O–H groups in total. The van der Waals surface area contributed by atoms with E-state index >= 15 is 0 Å². The van der Waals surface area contributed by atoms with Crippen LogP contribution in [0.4, 0.5) is 4.39 Å². The zero-order valence-corrected chi connectivity index (χ0v) is 20.2. The number of carbonyl (C=O) groups excluding carboxylic acids is 1. The number of carboxylic acids is 1. The third-order valence-electron chi connectivity index (χ3n) is 7.09. The van der Waals surface area contributed by atoms with Gasteiger partial charge < -0.3 is 20.1 Å². The Balaban J connectivity index is 1.88. The zero-order valence-electron chi connectivity index (χ0n) is 20.2. The fourth-order valence-electron chi connectivity index (χ4n) is 4.94. The predicted octanol–water partition coefficient (Wildman–Crippen LogP) is 4.06. The highest BCUT2D eigenvalue weighted by atomic mass is 19.1. The molecule has 0 saturated carbocycles. The number of amides is 1. The van der Waals surface area contributed by atoms with Crippen LogP contribution < -0.4 is 10.9 Å². The van der Waals surface area contributed by atoms with Gasteiger partial charge in [0, 0.05) is 5.39 Å². The van der Waals surface area contributed by atoms with E-state index in [9.17, 15) is 23.9 Å². The third-order valence-corrected chi connectivity index (χ3v) is 7.09. The Labute approximate surface area is 202 Å². The van der Waals surface area contributed by atoms with Crippen molar-refractivity contribution < 1.29 is 24.2 Å². The molecular formula is C27H29FN2O5. The van der Waals surface area contributed by atoms with E-state index in [0.717, 1.165) is 24.5 Å². The maximum absolute atomic E-state index is 14.0. The molecule has 0 spiro atoms. The molecule has 0 saturated heterocycles. The molecule has 184 valence electrons. The fraction of sp³-hybridized carbons (Fsp3) is 0.370. The Morgan fingerprint density at radius 3 is 2.34 bits per heavy atom. The van der Waals surface area contributed by atoms with Gasteiger partial charge in [-0.15, -0.1) is 0 Å². The van der Waals surface area contributed by atoms with Crippen LogP contribution in [0.1, 0.15) is 67.6 Å². The van der Waals surface area contributed by atoms with Crippen LogP contribution in [0.25, 0.3) is 10.9 Å². The van der Waals surface area contributed by atoms with E-state index < -0.39 is 41.1 Å². The molecule has 1 heterocycles. The molecule has 0 bridgehead atoms. The van der Waals surface area contributed by atoms with Gasteiger partial charge in [0.25, 0.3) is 11.5 Å². The zero-order chi connectivity index (χ0) is 25.7. The van der Waals surface area contributed by atoms with Gasteiger partial charge in [-0.25, -0.2) is 4.39 Å². The Kier molecular flexibility index (Phi) is 5.95. The van der Waals surface area contributed by atoms with Gasteiger partial charge in [-0.1, -0.05) is 45.9 Å². The first-order valence-electron chi connectivity index (χ1n) is 11.5. The van der Waals surface area contributed by atoms with Crippen LogP contribution in [0.15, 0.2) is 41.2 Å². The summed E-state index contributed by atoms with van der Waals surface area (Å²) < 4.78 is 15.3. The normalized spacial score (nSPS) is 16.0. The lowest BCUT2D eigenvalue weighted by Gasteiger charge is -2.42. The Hall–Kier alpha value is -3.68. The molecule has 1 aromatic heterocycles. The molecule has 0 fully saturated rings. The van der Waals surface area contributed by atoms with Gasteiger partial charge in [0.1, 0.15) is 23.7 Å². The number of hydrogen-bond donors (Lipinski definition) is 3. The standard InChI is InChI=1S/C27H29FN2O5/c1-26(2)9-10-27(3,4)19-11-15(5-7-18(19)26)14-30-20-8-6-16(28)12-17(20)23(33)22(25(30)35)24(34)29-13-21(31)32/h5-8,11-12,33H,9-10,13-14H2,1-4H3,(H,29,34)(H,31,32). The maximum Gasteiger partial charge on any atom is 0.322 e. The van der Waals surface area contributed by atoms with E-state index in [1.54, 1.807) is 0 Å². The fourth-order valence-corrected chi connectivity index (χ4v) is 4.94. The quantitative estimate of drug-likeness (QED) is 0.510. The van der Waals surface area contributed by atoms with Crippen LogP contribution in [-0.4, -0.2) is 33.2 Å². The highest BCUT2D eigenvalue weighted by Crippen LogP contribution is 2.46. The maximum atomic E-state index is 14.0. The minimum atomic E-state index is -1.30.